The number of hydrogen-bond donors (Lipinski definition) is 1. The fourth-order valence-corrected chi connectivity index (χ4v) is 2.46. The Morgan fingerprint density at radius 1 is 1.40 bits per heavy atom. The van der Waals surface area contributed by atoms with Gasteiger partial charge in [-0.05, 0) is 31.7 Å². The monoisotopic (exact) mass is 221 g/mol. The second-order valence-electron chi connectivity index (χ2n) is 4.49. The van der Waals surface area contributed by atoms with Crippen molar-refractivity contribution >= 4 is 0 Å². The lowest BCUT2D eigenvalue weighted by Gasteiger charge is -2.39. The molecule has 1 saturated carbocycles. The van der Waals surface area contributed by atoms with Gasteiger partial charge in [0, 0.05) is 6.04 Å². The molecule has 0 heterocycles. The number of halogens is 2. The lowest BCUT2D eigenvalue weighted by atomic mass is 9.83. The lowest BCUT2D eigenvalue weighted by molar-refractivity contribution is 0.00405. The van der Waals surface area contributed by atoms with Crippen LogP contribution < -0.4 is 0 Å². The standard InChI is InChI=1S/C11H21F2NO/c1-3-14(7-11(12)13)10-6-9(15)5-4-8(10)2/h8-11,15H,3-7H2,1-2H3. The van der Waals surface area contributed by atoms with Gasteiger partial charge in [-0.1, -0.05) is 13.8 Å². The van der Waals surface area contributed by atoms with Crippen molar-refractivity contribution in [2.24, 2.45) is 5.92 Å². The van der Waals surface area contributed by atoms with E-state index in [0.29, 0.717) is 18.9 Å². The van der Waals surface area contributed by atoms with E-state index >= 15 is 0 Å². The molecular weight excluding hydrogens is 200 g/mol. The van der Waals surface area contributed by atoms with E-state index in [4.69, 9.17) is 0 Å². The van der Waals surface area contributed by atoms with Crippen molar-refractivity contribution in [1.82, 2.24) is 4.90 Å². The Hall–Kier alpha value is -0.220. The van der Waals surface area contributed by atoms with E-state index in [9.17, 15) is 13.9 Å². The maximum Gasteiger partial charge on any atom is 0.251 e. The molecule has 1 N–H and O–H groups in total. The van der Waals surface area contributed by atoms with Crippen molar-refractivity contribution in [3.63, 3.8) is 0 Å². The summed E-state index contributed by atoms with van der Waals surface area (Å²) in [7, 11) is 0. The Kier molecular flexibility index (Phi) is 4.93. The minimum atomic E-state index is -2.28. The molecule has 0 aromatic carbocycles. The van der Waals surface area contributed by atoms with Gasteiger partial charge in [-0.3, -0.25) is 4.90 Å². The van der Waals surface area contributed by atoms with Crippen molar-refractivity contribution in [2.45, 2.75) is 51.7 Å². The number of nitrogens with zero attached hydrogens (tertiary/aromatic N) is 1. The maximum absolute atomic E-state index is 12.3. The Morgan fingerprint density at radius 2 is 2.07 bits per heavy atom. The fourth-order valence-electron chi connectivity index (χ4n) is 2.46. The zero-order chi connectivity index (χ0) is 11.4. The average Bonchev–Trinajstić information content (AvgIpc) is 2.18. The fraction of sp³-hybridized carbons (Fsp3) is 1.00. The lowest BCUT2D eigenvalue weighted by Crippen LogP contribution is -2.46. The van der Waals surface area contributed by atoms with Crippen LogP contribution in [0.15, 0.2) is 0 Å². The van der Waals surface area contributed by atoms with Crippen LogP contribution in [-0.2, 0) is 0 Å². The molecule has 15 heavy (non-hydrogen) atoms. The first-order chi connectivity index (χ1) is 7.04. The highest BCUT2D eigenvalue weighted by Gasteiger charge is 2.31. The van der Waals surface area contributed by atoms with Gasteiger partial charge in [0.2, 0.25) is 0 Å². The van der Waals surface area contributed by atoms with Crippen LogP contribution in [0.3, 0.4) is 0 Å². The van der Waals surface area contributed by atoms with Gasteiger partial charge in [0.05, 0.1) is 12.6 Å². The van der Waals surface area contributed by atoms with Crippen molar-refractivity contribution in [3.8, 4) is 0 Å². The number of rotatable bonds is 4. The molecule has 0 aromatic heterocycles. The normalized spacial score (nSPS) is 32.6. The molecule has 0 aromatic rings. The van der Waals surface area contributed by atoms with E-state index < -0.39 is 6.43 Å². The molecule has 1 fully saturated rings. The van der Waals surface area contributed by atoms with Gasteiger partial charge in [0.1, 0.15) is 0 Å². The van der Waals surface area contributed by atoms with Crippen LogP contribution in [0, 0.1) is 5.92 Å². The summed E-state index contributed by atoms with van der Waals surface area (Å²) in [5, 5.41) is 9.56. The Bertz CT molecular complexity index is 189. The van der Waals surface area contributed by atoms with Crippen molar-refractivity contribution in [3.05, 3.63) is 0 Å². The Morgan fingerprint density at radius 3 is 2.60 bits per heavy atom. The topological polar surface area (TPSA) is 23.5 Å². The molecule has 0 amide bonds. The molecular formula is C11H21F2NO. The average molecular weight is 221 g/mol. The minimum absolute atomic E-state index is 0.118. The van der Waals surface area contributed by atoms with Crippen LogP contribution in [-0.4, -0.2) is 41.7 Å². The molecule has 1 aliphatic carbocycles. The molecule has 3 atom stereocenters. The summed E-state index contributed by atoms with van der Waals surface area (Å²) >= 11 is 0. The molecule has 0 aliphatic heterocycles. The maximum atomic E-state index is 12.3. The molecule has 90 valence electrons. The van der Waals surface area contributed by atoms with Gasteiger partial charge in [0.15, 0.2) is 0 Å². The molecule has 2 nitrogen and oxygen atoms in total. The molecule has 0 saturated heterocycles. The Balaban J connectivity index is 2.56. The highest BCUT2D eigenvalue weighted by atomic mass is 19.3. The summed E-state index contributed by atoms with van der Waals surface area (Å²) in [5.41, 5.74) is 0. The summed E-state index contributed by atoms with van der Waals surface area (Å²) in [5.74, 6) is 0.409. The molecule has 0 bridgehead atoms. The Labute approximate surface area is 90.3 Å². The number of aliphatic hydroxyl groups excluding tert-OH is 1. The SMILES string of the molecule is CCN(CC(F)F)C1CC(O)CCC1C. The highest BCUT2D eigenvalue weighted by Crippen LogP contribution is 2.28. The van der Waals surface area contributed by atoms with Crippen LogP contribution in [0.4, 0.5) is 8.78 Å². The van der Waals surface area contributed by atoms with E-state index in [2.05, 4.69) is 6.92 Å². The van der Waals surface area contributed by atoms with Gasteiger partial charge in [-0.25, -0.2) is 8.78 Å². The third-order valence-electron chi connectivity index (χ3n) is 3.37. The van der Waals surface area contributed by atoms with E-state index in [-0.39, 0.29) is 18.7 Å². The second-order valence-corrected chi connectivity index (χ2v) is 4.49. The summed E-state index contributed by atoms with van der Waals surface area (Å²) in [4.78, 5) is 1.80. The third kappa shape index (κ3) is 3.68. The van der Waals surface area contributed by atoms with Gasteiger partial charge in [0.25, 0.3) is 6.43 Å². The highest BCUT2D eigenvalue weighted by molar-refractivity contribution is 4.84. The van der Waals surface area contributed by atoms with Gasteiger partial charge in [-0.2, -0.15) is 0 Å². The summed E-state index contributed by atoms with van der Waals surface area (Å²) < 4.78 is 24.7. The van der Waals surface area contributed by atoms with E-state index in [1.54, 1.807) is 4.90 Å². The van der Waals surface area contributed by atoms with Gasteiger partial charge in [-0.15, -0.1) is 0 Å². The summed E-state index contributed by atoms with van der Waals surface area (Å²) in [6.45, 7) is 4.45. The smallest absolute Gasteiger partial charge is 0.251 e. The summed E-state index contributed by atoms with van der Waals surface area (Å²) in [6.07, 6.45) is -0.203. The number of hydrogen-bond acceptors (Lipinski definition) is 2. The predicted molar refractivity (Wildman–Crippen MR) is 56.1 cm³/mol. The first-order valence-electron chi connectivity index (χ1n) is 5.74. The zero-order valence-corrected chi connectivity index (χ0v) is 9.50. The number of alkyl halides is 2. The molecule has 0 spiro atoms. The first kappa shape index (κ1) is 12.8. The molecule has 1 rings (SSSR count). The minimum Gasteiger partial charge on any atom is -0.393 e. The second kappa shape index (κ2) is 5.75. The van der Waals surface area contributed by atoms with E-state index in [1.807, 2.05) is 6.92 Å². The van der Waals surface area contributed by atoms with E-state index in [1.165, 1.54) is 0 Å². The van der Waals surface area contributed by atoms with Crippen LogP contribution in [0.1, 0.15) is 33.1 Å². The van der Waals surface area contributed by atoms with E-state index in [0.717, 1.165) is 12.8 Å². The van der Waals surface area contributed by atoms with Crippen molar-refractivity contribution in [1.29, 1.82) is 0 Å². The number of aliphatic hydroxyl groups is 1. The first-order valence-corrected chi connectivity index (χ1v) is 5.74. The largest absolute Gasteiger partial charge is 0.393 e. The molecule has 4 heteroatoms. The molecule has 3 unspecified atom stereocenters. The molecule has 0 radical (unpaired) electrons. The van der Waals surface area contributed by atoms with Crippen LogP contribution in [0.25, 0.3) is 0 Å². The van der Waals surface area contributed by atoms with Crippen molar-refractivity contribution < 1.29 is 13.9 Å². The molecule has 1 aliphatic rings. The third-order valence-corrected chi connectivity index (χ3v) is 3.37. The zero-order valence-electron chi connectivity index (χ0n) is 9.50. The predicted octanol–water partition coefficient (Wildman–Crippen LogP) is 2.12. The van der Waals surface area contributed by atoms with Crippen LogP contribution in [0.2, 0.25) is 0 Å². The van der Waals surface area contributed by atoms with Crippen LogP contribution in [0.5, 0.6) is 0 Å². The summed E-state index contributed by atoms with van der Waals surface area (Å²) in [6, 6.07) is 0.118. The van der Waals surface area contributed by atoms with Crippen molar-refractivity contribution in [2.75, 3.05) is 13.1 Å². The van der Waals surface area contributed by atoms with Gasteiger partial charge >= 0.3 is 0 Å². The van der Waals surface area contributed by atoms with Gasteiger partial charge < -0.3 is 5.11 Å². The quantitative estimate of drug-likeness (QED) is 0.786. The van der Waals surface area contributed by atoms with Crippen LogP contribution >= 0.6 is 0 Å².